The fourth-order valence-electron chi connectivity index (χ4n) is 2.56. The number of nitrogens with one attached hydrogen (secondary N) is 2. The van der Waals surface area contributed by atoms with Crippen LogP contribution in [0.5, 0.6) is 0 Å². The molecule has 138 valence electrons. The quantitative estimate of drug-likeness (QED) is 0.525. The average molecular weight is 363 g/mol. The molecule has 0 fully saturated rings. The van der Waals surface area contributed by atoms with Gasteiger partial charge >= 0.3 is 5.97 Å². The third kappa shape index (κ3) is 4.95. The highest BCUT2D eigenvalue weighted by Crippen LogP contribution is 2.27. The van der Waals surface area contributed by atoms with Crippen molar-refractivity contribution in [2.24, 2.45) is 0 Å². The number of amides is 1. The first-order valence-corrected chi connectivity index (χ1v) is 8.44. The molecule has 0 spiro atoms. The molecule has 1 amide bonds. The Morgan fingerprint density at radius 2 is 1.81 bits per heavy atom. The molecule has 0 saturated heterocycles. The van der Waals surface area contributed by atoms with E-state index in [2.05, 4.69) is 24.5 Å². The molecule has 2 rings (SSSR count). The number of aryl methyl sites for hydroxylation is 1. The summed E-state index contributed by atoms with van der Waals surface area (Å²) in [4.78, 5) is 23.2. The number of benzene rings is 2. The van der Waals surface area contributed by atoms with Crippen LogP contribution in [0.2, 0.25) is 0 Å². The van der Waals surface area contributed by atoms with Crippen LogP contribution in [-0.4, -0.2) is 17.0 Å². The van der Waals surface area contributed by atoms with E-state index in [4.69, 9.17) is 5.11 Å². The maximum atomic E-state index is 12.3. The Kier molecular flexibility index (Phi) is 6.34. The van der Waals surface area contributed by atoms with E-state index in [9.17, 15) is 14.9 Å². The third-order valence-corrected chi connectivity index (χ3v) is 4.04. The average Bonchev–Trinajstić information content (AvgIpc) is 2.63. The largest absolute Gasteiger partial charge is 0.478 e. The number of para-hydroxylation sites is 1. The van der Waals surface area contributed by atoms with E-state index >= 15 is 0 Å². The van der Waals surface area contributed by atoms with Crippen molar-refractivity contribution in [2.75, 3.05) is 10.6 Å². The number of carboxylic acid groups (broad SMARTS) is 1. The van der Waals surface area contributed by atoms with Gasteiger partial charge in [-0.3, -0.25) is 4.79 Å². The molecule has 6 nitrogen and oxygen atoms in total. The standard InChI is InChI=1S/C21H21N3O3/c1-13(2)18-6-4-5-14(3)19(18)23-12-16(11-22)20(25)24-17-9-7-15(8-10-17)21(26)27/h4-10,12-13,23H,1-3H3,(H,24,25)(H,26,27)/b16-12-. The van der Waals surface area contributed by atoms with Crippen LogP contribution in [0.1, 0.15) is 41.3 Å². The summed E-state index contributed by atoms with van der Waals surface area (Å²) in [5.74, 6) is -1.34. The van der Waals surface area contributed by atoms with Crippen LogP contribution in [0.15, 0.2) is 54.2 Å². The Bertz CT molecular complexity index is 923. The minimum absolute atomic E-state index is 0.0877. The molecular formula is C21H21N3O3. The number of carboxylic acids is 1. The SMILES string of the molecule is Cc1cccc(C(C)C)c1N/C=C(/C#N)C(=O)Nc1ccc(C(=O)O)cc1. The van der Waals surface area contributed by atoms with Crippen molar-refractivity contribution in [1.82, 2.24) is 0 Å². The van der Waals surface area contributed by atoms with Gasteiger partial charge in [0.05, 0.1) is 5.56 Å². The van der Waals surface area contributed by atoms with Gasteiger partial charge in [0.25, 0.3) is 5.91 Å². The topological polar surface area (TPSA) is 102 Å². The second kappa shape index (κ2) is 8.68. The lowest BCUT2D eigenvalue weighted by Gasteiger charge is -2.15. The van der Waals surface area contributed by atoms with E-state index in [-0.39, 0.29) is 17.1 Å². The fraction of sp³-hybridized carbons (Fsp3) is 0.190. The summed E-state index contributed by atoms with van der Waals surface area (Å²) in [5.41, 5.74) is 3.41. The summed E-state index contributed by atoms with van der Waals surface area (Å²) >= 11 is 0. The Hall–Kier alpha value is -3.59. The van der Waals surface area contributed by atoms with Crippen LogP contribution >= 0.6 is 0 Å². The van der Waals surface area contributed by atoms with E-state index in [0.29, 0.717) is 5.69 Å². The number of hydrogen-bond acceptors (Lipinski definition) is 4. The van der Waals surface area contributed by atoms with Gasteiger partial charge in [0.1, 0.15) is 11.6 Å². The number of rotatable bonds is 6. The fourth-order valence-corrected chi connectivity index (χ4v) is 2.56. The van der Waals surface area contributed by atoms with Crippen molar-refractivity contribution in [3.8, 4) is 6.07 Å². The van der Waals surface area contributed by atoms with Gasteiger partial charge in [0, 0.05) is 17.6 Å². The van der Waals surface area contributed by atoms with Crippen molar-refractivity contribution >= 4 is 23.3 Å². The predicted octanol–water partition coefficient (Wildman–Crippen LogP) is 4.27. The number of carbonyl (C=O) groups is 2. The van der Waals surface area contributed by atoms with Gasteiger partial charge in [-0.25, -0.2) is 4.79 Å². The highest BCUT2D eigenvalue weighted by Gasteiger charge is 2.12. The molecular weight excluding hydrogens is 342 g/mol. The number of anilines is 2. The van der Waals surface area contributed by atoms with E-state index in [1.54, 1.807) is 0 Å². The van der Waals surface area contributed by atoms with Crippen LogP contribution < -0.4 is 10.6 Å². The highest BCUT2D eigenvalue weighted by atomic mass is 16.4. The molecule has 3 N–H and O–H groups in total. The smallest absolute Gasteiger partial charge is 0.335 e. The highest BCUT2D eigenvalue weighted by molar-refractivity contribution is 6.06. The third-order valence-electron chi connectivity index (χ3n) is 4.04. The van der Waals surface area contributed by atoms with Crippen LogP contribution in [0, 0.1) is 18.3 Å². The Morgan fingerprint density at radius 3 is 2.37 bits per heavy atom. The monoisotopic (exact) mass is 363 g/mol. The summed E-state index contributed by atoms with van der Waals surface area (Å²) in [6.45, 7) is 6.10. The first kappa shape index (κ1) is 19.7. The zero-order valence-corrected chi connectivity index (χ0v) is 15.4. The van der Waals surface area contributed by atoms with Gasteiger partial charge in [0.15, 0.2) is 0 Å². The molecule has 27 heavy (non-hydrogen) atoms. The zero-order valence-electron chi connectivity index (χ0n) is 15.4. The van der Waals surface area contributed by atoms with Gasteiger partial charge in [-0.05, 0) is 48.2 Å². The van der Waals surface area contributed by atoms with Crippen LogP contribution in [-0.2, 0) is 4.79 Å². The number of nitriles is 1. The number of hydrogen-bond donors (Lipinski definition) is 3. The van der Waals surface area contributed by atoms with Crippen LogP contribution in [0.4, 0.5) is 11.4 Å². The Balaban J connectivity index is 2.18. The predicted molar refractivity (Wildman–Crippen MR) is 105 cm³/mol. The van der Waals surface area contributed by atoms with E-state index < -0.39 is 11.9 Å². The molecule has 0 aromatic heterocycles. The van der Waals surface area contributed by atoms with Gasteiger partial charge in [-0.2, -0.15) is 5.26 Å². The van der Waals surface area contributed by atoms with E-state index in [1.807, 2.05) is 31.2 Å². The number of carbonyl (C=O) groups excluding carboxylic acids is 1. The second-order valence-corrected chi connectivity index (χ2v) is 6.34. The molecule has 0 unspecified atom stereocenters. The molecule has 6 heteroatoms. The molecule has 2 aromatic carbocycles. The molecule has 0 aliphatic rings. The second-order valence-electron chi connectivity index (χ2n) is 6.34. The summed E-state index contributed by atoms with van der Waals surface area (Å²) in [6.07, 6.45) is 1.38. The van der Waals surface area contributed by atoms with Crippen molar-refractivity contribution < 1.29 is 14.7 Å². The lowest BCUT2D eigenvalue weighted by Crippen LogP contribution is -2.15. The van der Waals surface area contributed by atoms with Gasteiger partial charge in [0.2, 0.25) is 0 Å². The number of aromatic carboxylic acids is 1. The molecule has 2 aromatic rings. The summed E-state index contributed by atoms with van der Waals surface area (Å²) in [5, 5.41) is 23.9. The molecule has 0 heterocycles. The van der Waals surface area contributed by atoms with E-state index in [1.165, 1.54) is 30.5 Å². The minimum Gasteiger partial charge on any atom is -0.478 e. The molecule has 0 aliphatic carbocycles. The van der Waals surface area contributed by atoms with Gasteiger partial charge < -0.3 is 15.7 Å². The number of nitrogens with zero attached hydrogens (tertiary/aromatic N) is 1. The van der Waals surface area contributed by atoms with Crippen LogP contribution in [0.3, 0.4) is 0 Å². The molecule has 0 saturated carbocycles. The van der Waals surface area contributed by atoms with Crippen molar-refractivity contribution in [2.45, 2.75) is 26.7 Å². The van der Waals surface area contributed by atoms with Crippen molar-refractivity contribution in [1.29, 1.82) is 5.26 Å². The lowest BCUT2D eigenvalue weighted by atomic mass is 9.98. The first-order valence-electron chi connectivity index (χ1n) is 8.44. The zero-order chi connectivity index (χ0) is 20.0. The summed E-state index contributed by atoms with van der Waals surface area (Å²) in [6, 6.07) is 13.5. The van der Waals surface area contributed by atoms with E-state index in [0.717, 1.165) is 16.8 Å². The van der Waals surface area contributed by atoms with Crippen molar-refractivity contribution in [3.63, 3.8) is 0 Å². The molecule has 0 atom stereocenters. The Labute approximate surface area is 158 Å². The van der Waals surface area contributed by atoms with Gasteiger partial charge in [-0.1, -0.05) is 32.0 Å². The summed E-state index contributed by atoms with van der Waals surface area (Å²) in [7, 11) is 0. The first-order chi connectivity index (χ1) is 12.8. The Morgan fingerprint density at radius 1 is 1.15 bits per heavy atom. The van der Waals surface area contributed by atoms with Crippen molar-refractivity contribution in [3.05, 3.63) is 70.9 Å². The maximum Gasteiger partial charge on any atom is 0.335 e. The van der Waals surface area contributed by atoms with Gasteiger partial charge in [-0.15, -0.1) is 0 Å². The molecule has 0 aliphatic heterocycles. The normalized spacial score (nSPS) is 11.0. The maximum absolute atomic E-state index is 12.3. The minimum atomic E-state index is -1.05. The van der Waals surface area contributed by atoms with Crippen LogP contribution in [0.25, 0.3) is 0 Å². The lowest BCUT2D eigenvalue weighted by molar-refractivity contribution is -0.112. The molecule has 0 bridgehead atoms. The molecule has 0 radical (unpaired) electrons. The summed E-state index contributed by atoms with van der Waals surface area (Å²) < 4.78 is 0.